The van der Waals surface area contributed by atoms with Crippen LogP contribution in [-0.4, -0.2) is 36.3 Å². The van der Waals surface area contributed by atoms with Gasteiger partial charge in [-0.15, -0.1) is 0 Å². The average molecular weight is 594 g/mol. The minimum Gasteiger partial charge on any atom is -0.491 e. The van der Waals surface area contributed by atoms with Crippen LogP contribution < -0.4 is 24.5 Å². The number of carbonyl (C=O) groups is 1. The monoisotopic (exact) mass is 593 g/mol. The number of nitrogens with zero attached hydrogens (tertiary/aromatic N) is 3. The van der Waals surface area contributed by atoms with Gasteiger partial charge in [0.2, 0.25) is 0 Å². The molecule has 0 N–H and O–H groups in total. The van der Waals surface area contributed by atoms with Crippen LogP contribution in [0.15, 0.2) is 94.2 Å². The van der Waals surface area contributed by atoms with Crippen molar-refractivity contribution >= 4 is 34.8 Å². The van der Waals surface area contributed by atoms with Crippen LogP contribution in [0.5, 0.6) is 5.75 Å². The molecule has 1 aromatic heterocycles. The van der Waals surface area contributed by atoms with Crippen LogP contribution in [0.3, 0.4) is 0 Å². The molecule has 4 aromatic rings. The van der Waals surface area contributed by atoms with E-state index in [4.69, 9.17) is 14.5 Å². The predicted octanol–water partition coefficient (Wildman–Crippen LogP) is 5.32. The lowest BCUT2D eigenvalue weighted by Gasteiger charge is -2.26. The fourth-order valence-corrected chi connectivity index (χ4v) is 6.67. The molecule has 8 heteroatoms. The van der Waals surface area contributed by atoms with Crippen LogP contribution in [0.1, 0.15) is 56.3 Å². The van der Waals surface area contributed by atoms with Gasteiger partial charge in [-0.25, -0.2) is 9.79 Å². The van der Waals surface area contributed by atoms with Crippen LogP contribution in [-0.2, 0) is 9.53 Å². The minimum absolute atomic E-state index is 0.0209. The van der Waals surface area contributed by atoms with Gasteiger partial charge in [0.05, 0.1) is 34.6 Å². The molecule has 6 rings (SSSR count). The lowest BCUT2D eigenvalue weighted by atomic mass is 9.93. The van der Waals surface area contributed by atoms with Crippen LogP contribution >= 0.6 is 11.3 Å². The van der Waals surface area contributed by atoms with Crippen LogP contribution in [0.25, 0.3) is 11.8 Å². The van der Waals surface area contributed by atoms with Crippen molar-refractivity contribution in [2.24, 2.45) is 4.99 Å². The molecule has 0 amide bonds. The molecule has 1 fully saturated rings. The van der Waals surface area contributed by atoms with Gasteiger partial charge < -0.3 is 14.4 Å². The van der Waals surface area contributed by atoms with E-state index in [1.807, 2.05) is 74.5 Å². The van der Waals surface area contributed by atoms with Crippen LogP contribution in [0, 0.1) is 0 Å². The van der Waals surface area contributed by atoms with Crippen molar-refractivity contribution in [2.45, 2.75) is 45.8 Å². The van der Waals surface area contributed by atoms with Gasteiger partial charge in [0.1, 0.15) is 5.75 Å². The fourth-order valence-electron chi connectivity index (χ4n) is 5.66. The number of anilines is 1. The number of carbonyl (C=O) groups excluding carboxylic acids is 1. The third kappa shape index (κ3) is 5.92. The molecule has 220 valence electrons. The molecule has 2 aliphatic heterocycles. The lowest BCUT2D eigenvalue weighted by Crippen LogP contribution is -2.40. The number of hydrogen-bond acceptors (Lipinski definition) is 7. The van der Waals surface area contributed by atoms with Crippen molar-refractivity contribution in [1.82, 2.24) is 4.57 Å². The summed E-state index contributed by atoms with van der Waals surface area (Å²) in [6.07, 6.45) is 4.37. The fraction of sp³-hybridized carbons (Fsp3) is 0.286. The summed E-state index contributed by atoms with van der Waals surface area (Å²) in [6.45, 7) is 8.08. The van der Waals surface area contributed by atoms with E-state index >= 15 is 0 Å². The highest BCUT2D eigenvalue weighted by atomic mass is 32.1. The lowest BCUT2D eigenvalue weighted by molar-refractivity contribution is -0.138. The first-order valence-electron chi connectivity index (χ1n) is 14.8. The first-order valence-corrected chi connectivity index (χ1v) is 15.6. The number of rotatable bonds is 8. The Morgan fingerprint density at radius 2 is 1.70 bits per heavy atom. The molecule has 0 unspecified atom stereocenters. The zero-order chi connectivity index (χ0) is 29.9. The van der Waals surface area contributed by atoms with E-state index < -0.39 is 12.0 Å². The Morgan fingerprint density at radius 1 is 1.00 bits per heavy atom. The van der Waals surface area contributed by atoms with Crippen LogP contribution in [0.2, 0.25) is 0 Å². The Bertz CT molecular complexity index is 1820. The zero-order valence-electron chi connectivity index (χ0n) is 24.7. The normalized spacial score (nSPS) is 16.8. The largest absolute Gasteiger partial charge is 0.491 e. The van der Waals surface area contributed by atoms with E-state index in [0.717, 1.165) is 29.8 Å². The zero-order valence-corrected chi connectivity index (χ0v) is 25.5. The maximum absolute atomic E-state index is 14.1. The second-order valence-electron chi connectivity index (χ2n) is 11.0. The van der Waals surface area contributed by atoms with Crippen molar-refractivity contribution in [3.05, 3.63) is 121 Å². The summed E-state index contributed by atoms with van der Waals surface area (Å²) in [5, 5.41) is 0. The van der Waals surface area contributed by atoms with Gasteiger partial charge in [0.25, 0.3) is 5.56 Å². The number of thiazole rings is 1. The maximum atomic E-state index is 14.1. The SMILES string of the molecule is CCOC(=O)C1=C(c2ccccc2)N=c2s/c(=C\c3ccc(N4CCCC4)cc3)c(=O)n2[C@@H]1c1ccc(OC(C)C)cc1. The highest BCUT2D eigenvalue weighted by Crippen LogP contribution is 2.35. The van der Waals surface area contributed by atoms with E-state index in [0.29, 0.717) is 26.4 Å². The average Bonchev–Trinajstić information content (AvgIpc) is 3.66. The molecule has 3 heterocycles. The molecule has 1 atom stereocenters. The standard InChI is InChI=1S/C35H35N3O4S/c1-4-41-34(40)30-31(25-10-6-5-7-11-25)36-35-38(32(30)26-14-18-28(19-15-26)42-23(2)3)33(39)29(43-35)22-24-12-16-27(17-13-24)37-20-8-9-21-37/h5-7,10-19,22-23,32H,4,8-9,20-21H2,1-3H3/b29-22-/t32-/m1/s1. The predicted molar refractivity (Wildman–Crippen MR) is 171 cm³/mol. The highest BCUT2D eigenvalue weighted by molar-refractivity contribution is 7.07. The molecular formula is C35H35N3O4S. The van der Waals surface area contributed by atoms with E-state index in [-0.39, 0.29) is 18.3 Å². The van der Waals surface area contributed by atoms with Crippen molar-refractivity contribution in [2.75, 3.05) is 24.6 Å². The Balaban J connectivity index is 1.52. The van der Waals surface area contributed by atoms with Gasteiger partial charge in [0, 0.05) is 24.3 Å². The van der Waals surface area contributed by atoms with Gasteiger partial charge in [-0.3, -0.25) is 9.36 Å². The molecule has 1 saturated heterocycles. The molecule has 43 heavy (non-hydrogen) atoms. The summed E-state index contributed by atoms with van der Waals surface area (Å²) < 4.78 is 13.6. The second-order valence-corrected chi connectivity index (χ2v) is 12.0. The van der Waals surface area contributed by atoms with Crippen molar-refractivity contribution < 1.29 is 14.3 Å². The molecule has 0 spiro atoms. The molecule has 0 radical (unpaired) electrons. The number of hydrogen-bond donors (Lipinski definition) is 0. The van der Waals surface area contributed by atoms with Gasteiger partial charge in [0.15, 0.2) is 4.80 Å². The summed E-state index contributed by atoms with van der Waals surface area (Å²) in [5.41, 5.74) is 4.33. The van der Waals surface area contributed by atoms with Gasteiger partial charge in [-0.1, -0.05) is 65.9 Å². The number of fused-ring (bicyclic) bond motifs is 1. The molecule has 0 aliphatic carbocycles. The van der Waals surface area contributed by atoms with E-state index in [2.05, 4.69) is 29.2 Å². The smallest absolute Gasteiger partial charge is 0.338 e. The van der Waals surface area contributed by atoms with Crippen LogP contribution in [0.4, 0.5) is 5.69 Å². The molecule has 0 bridgehead atoms. The summed E-state index contributed by atoms with van der Waals surface area (Å²) in [5.74, 6) is 0.220. The number of aromatic nitrogens is 1. The first-order chi connectivity index (χ1) is 20.9. The maximum Gasteiger partial charge on any atom is 0.338 e. The number of esters is 1. The summed E-state index contributed by atoms with van der Waals surface area (Å²) in [4.78, 5) is 35.6. The molecule has 7 nitrogen and oxygen atoms in total. The topological polar surface area (TPSA) is 73.1 Å². The molecule has 3 aromatic carbocycles. The van der Waals surface area contributed by atoms with Gasteiger partial charge in [-0.05, 0) is 75.1 Å². The summed E-state index contributed by atoms with van der Waals surface area (Å²) >= 11 is 1.33. The van der Waals surface area contributed by atoms with Crippen molar-refractivity contribution in [3.8, 4) is 5.75 Å². The Hall–Kier alpha value is -4.43. The van der Waals surface area contributed by atoms with Gasteiger partial charge >= 0.3 is 5.97 Å². The Labute approximate surface area is 255 Å². The summed E-state index contributed by atoms with van der Waals surface area (Å²) in [7, 11) is 0. The van der Waals surface area contributed by atoms with E-state index in [9.17, 15) is 9.59 Å². The third-order valence-corrected chi connectivity index (χ3v) is 8.59. The van der Waals surface area contributed by atoms with E-state index in [1.165, 1.54) is 29.9 Å². The second kappa shape index (κ2) is 12.4. The van der Waals surface area contributed by atoms with Gasteiger partial charge in [-0.2, -0.15) is 0 Å². The summed E-state index contributed by atoms with van der Waals surface area (Å²) in [6, 6.07) is 24.8. The highest BCUT2D eigenvalue weighted by Gasteiger charge is 2.35. The molecular weight excluding hydrogens is 558 g/mol. The number of benzene rings is 3. The molecule has 0 saturated carbocycles. The van der Waals surface area contributed by atoms with Crippen molar-refractivity contribution in [1.29, 1.82) is 0 Å². The first kappa shape index (κ1) is 28.7. The Morgan fingerprint density at radius 3 is 2.35 bits per heavy atom. The Kier molecular flexibility index (Phi) is 8.29. The van der Waals surface area contributed by atoms with E-state index in [1.54, 1.807) is 11.5 Å². The molecule has 2 aliphatic rings. The quantitative estimate of drug-likeness (QED) is 0.259. The number of ether oxygens (including phenoxy) is 2. The third-order valence-electron chi connectivity index (χ3n) is 7.60. The van der Waals surface area contributed by atoms with Crippen molar-refractivity contribution in [3.63, 3.8) is 0 Å². The minimum atomic E-state index is -0.724.